The number of amides is 1. The molecular weight excluding hydrogens is 312 g/mol. The number of nitrogens with zero attached hydrogens (tertiary/aromatic N) is 1. The lowest BCUT2D eigenvalue weighted by Gasteiger charge is -2.30. The summed E-state index contributed by atoms with van der Waals surface area (Å²) >= 11 is 0. The molecule has 25 heavy (non-hydrogen) atoms. The van der Waals surface area contributed by atoms with Gasteiger partial charge >= 0.3 is 0 Å². The molecule has 1 amide bonds. The largest absolute Gasteiger partial charge is 0.461 e. The fraction of sp³-hybridized carbons (Fsp3) is 0.571. The van der Waals surface area contributed by atoms with E-state index in [4.69, 9.17) is 4.42 Å². The van der Waals surface area contributed by atoms with Crippen molar-refractivity contribution < 1.29 is 9.21 Å². The first-order valence-corrected chi connectivity index (χ1v) is 9.63. The lowest BCUT2D eigenvalue weighted by atomic mass is 9.89. The molecule has 3 heterocycles. The second-order valence-corrected chi connectivity index (χ2v) is 7.78. The number of carbonyl (C=O) groups excluding carboxylic acids is 1. The van der Waals surface area contributed by atoms with Crippen molar-refractivity contribution in [1.29, 1.82) is 0 Å². The van der Waals surface area contributed by atoms with Gasteiger partial charge in [0, 0.05) is 49.5 Å². The van der Waals surface area contributed by atoms with Gasteiger partial charge in [0.25, 0.3) is 0 Å². The highest BCUT2D eigenvalue weighted by atomic mass is 16.3. The molecule has 1 N–H and O–H groups in total. The molecule has 2 fully saturated rings. The Hall–Kier alpha value is -1.81. The third kappa shape index (κ3) is 3.32. The summed E-state index contributed by atoms with van der Waals surface area (Å²) in [6.45, 7) is 2.74. The Kier molecular flexibility index (Phi) is 4.55. The number of piperidine rings is 1. The van der Waals surface area contributed by atoms with Crippen molar-refractivity contribution in [3.63, 3.8) is 0 Å². The molecule has 4 heteroatoms. The molecule has 2 atom stereocenters. The normalized spacial score (nSPS) is 25.4. The number of fused-ring (bicyclic) bond motifs is 3. The molecule has 0 radical (unpaired) electrons. The summed E-state index contributed by atoms with van der Waals surface area (Å²) in [5.74, 6) is 1.81. The molecule has 1 aromatic heterocycles. The quantitative estimate of drug-likeness (QED) is 0.898. The van der Waals surface area contributed by atoms with Crippen LogP contribution in [-0.4, -0.2) is 29.9 Å². The molecule has 2 aliphatic rings. The van der Waals surface area contributed by atoms with Gasteiger partial charge in [-0.25, -0.2) is 0 Å². The zero-order chi connectivity index (χ0) is 17.4. The number of benzene rings is 1. The van der Waals surface area contributed by atoms with Crippen molar-refractivity contribution in [3.05, 3.63) is 35.6 Å². The average molecular weight is 340 g/mol. The van der Waals surface area contributed by atoms with Crippen LogP contribution in [0.25, 0.3) is 11.0 Å². The summed E-state index contributed by atoms with van der Waals surface area (Å²) in [7, 11) is 1.93. The van der Waals surface area contributed by atoms with Crippen molar-refractivity contribution in [2.45, 2.75) is 64.1 Å². The topological polar surface area (TPSA) is 45.5 Å². The lowest BCUT2D eigenvalue weighted by molar-refractivity contribution is -0.131. The highest BCUT2D eigenvalue weighted by Crippen LogP contribution is 2.33. The molecule has 2 aromatic rings. The Bertz CT molecular complexity index is 754. The van der Waals surface area contributed by atoms with E-state index in [0.717, 1.165) is 36.0 Å². The predicted molar refractivity (Wildman–Crippen MR) is 99.4 cm³/mol. The highest BCUT2D eigenvalue weighted by Gasteiger charge is 2.34. The minimum absolute atomic E-state index is 0.263. The molecule has 2 bridgehead atoms. The molecule has 4 nitrogen and oxygen atoms in total. The van der Waals surface area contributed by atoms with Crippen LogP contribution in [0.3, 0.4) is 0 Å². The van der Waals surface area contributed by atoms with Gasteiger partial charge in [-0.15, -0.1) is 0 Å². The fourth-order valence-corrected chi connectivity index (χ4v) is 4.68. The summed E-state index contributed by atoms with van der Waals surface area (Å²) in [5, 5.41) is 4.79. The maximum absolute atomic E-state index is 12.8. The number of aryl methyl sites for hydroxylation is 1. The van der Waals surface area contributed by atoms with Crippen molar-refractivity contribution in [2.24, 2.45) is 5.92 Å². The first kappa shape index (κ1) is 16.6. The number of para-hydroxylation sites is 1. The summed E-state index contributed by atoms with van der Waals surface area (Å²) in [6, 6.07) is 9.42. The number of furan rings is 1. The molecule has 2 saturated heterocycles. The lowest BCUT2D eigenvalue weighted by Crippen LogP contribution is -2.40. The van der Waals surface area contributed by atoms with Crippen molar-refractivity contribution >= 4 is 16.9 Å². The van der Waals surface area contributed by atoms with Crippen LogP contribution in [0.4, 0.5) is 0 Å². The van der Waals surface area contributed by atoms with Gasteiger partial charge < -0.3 is 14.6 Å². The molecule has 1 aromatic carbocycles. The molecule has 4 rings (SSSR count). The molecular formula is C21H28N2O2. The number of carbonyl (C=O) groups is 1. The van der Waals surface area contributed by atoms with Gasteiger partial charge in [-0.2, -0.15) is 0 Å². The van der Waals surface area contributed by atoms with Gasteiger partial charge in [-0.1, -0.05) is 25.1 Å². The Morgan fingerprint density at radius 1 is 1.24 bits per heavy atom. The maximum Gasteiger partial charge on any atom is 0.222 e. The third-order valence-electron chi connectivity index (χ3n) is 5.96. The van der Waals surface area contributed by atoms with Crippen LogP contribution in [0.15, 0.2) is 28.7 Å². The molecule has 2 aliphatic heterocycles. The van der Waals surface area contributed by atoms with Crippen LogP contribution in [-0.2, 0) is 17.8 Å². The Morgan fingerprint density at radius 2 is 1.96 bits per heavy atom. The predicted octanol–water partition coefficient (Wildman–Crippen LogP) is 3.87. The first-order valence-electron chi connectivity index (χ1n) is 9.63. The van der Waals surface area contributed by atoms with Gasteiger partial charge in [0.05, 0.1) is 0 Å². The summed E-state index contributed by atoms with van der Waals surface area (Å²) < 4.78 is 5.97. The minimum atomic E-state index is 0.263. The molecule has 0 saturated carbocycles. The second-order valence-electron chi connectivity index (χ2n) is 7.78. The summed E-state index contributed by atoms with van der Waals surface area (Å²) in [6.07, 6.45) is 6.42. The zero-order valence-corrected chi connectivity index (χ0v) is 15.3. The van der Waals surface area contributed by atoms with E-state index in [1.165, 1.54) is 18.4 Å². The highest BCUT2D eigenvalue weighted by molar-refractivity contribution is 5.83. The Labute approximate surface area is 149 Å². The summed E-state index contributed by atoms with van der Waals surface area (Å²) in [5.41, 5.74) is 2.09. The molecule has 134 valence electrons. The number of rotatable bonds is 5. The SMILES string of the molecule is CCc1oc2ccccc2c1CN(C)C(=O)CC1CC2CCC(C1)N2. The van der Waals surface area contributed by atoms with Crippen LogP contribution in [0, 0.1) is 5.92 Å². The monoisotopic (exact) mass is 340 g/mol. The van der Waals surface area contributed by atoms with E-state index >= 15 is 0 Å². The third-order valence-corrected chi connectivity index (χ3v) is 5.96. The van der Waals surface area contributed by atoms with Gasteiger partial charge in [0.1, 0.15) is 11.3 Å². The molecule has 0 aliphatic carbocycles. The Morgan fingerprint density at radius 3 is 2.68 bits per heavy atom. The van der Waals surface area contributed by atoms with Crippen molar-refractivity contribution in [1.82, 2.24) is 10.2 Å². The van der Waals surface area contributed by atoms with Gasteiger partial charge in [0.2, 0.25) is 5.91 Å². The van der Waals surface area contributed by atoms with Crippen molar-refractivity contribution in [2.75, 3.05) is 7.05 Å². The fourth-order valence-electron chi connectivity index (χ4n) is 4.68. The van der Waals surface area contributed by atoms with E-state index in [1.54, 1.807) is 0 Å². The maximum atomic E-state index is 12.8. The van der Waals surface area contributed by atoms with E-state index < -0.39 is 0 Å². The number of nitrogens with one attached hydrogen (secondary N) is 1. The number of hydrogen-bond acceptors (Lipinski definition) is 3. The molecule has 0 spiro atoms. The van der Waals surface area contributed by atoms with Gasteiger partial charge in [-0.3, -0.25) is 4.79 Å². The van der Waals surface area contributed by atoms with Gasteiger partial charge in [0.15, 0.2) is 0 Å². The number of hydrogen-bond donors (Lipinski definition) is 1. The average Bonchev–Trinajstić information content (AvgIpc) is 3.14. The van der Waals surface area contributed by atoms with E-state index in [2.05, 4.69) is 18.3 Å². The Balaban J connectivity index is 1.44. The van der Waals surface area contributed by atoms with E-state index in [-0.39, 0.29) is 5.91 Å². The van der Waals surface area contributed by atoms with Crippen LogP contribution >= 0.6 is 0 Å². The van der Waals surface area contributed by atoms with Gasteiger partial charge in [-0.05, 0) is 37.7 Å². The first-order chi connectivity index (χ1) is 12.1. The van der Waals surface area contributed by atoms with Crippen LogP contribution in [0.2, 0.25) is 0 Å². The second kappa shape index (κ2) is 6.83. The van der Waals surface area contributed by atoms with Crippen molar-refractivity contribution in [3.8, 4) is 0 Å². The van der Waals surface area contributed by atoms with E-state index in [9.17, 15) is 4.79 Å². The smallest absolute Gasteiger partial charge is 0.222 e. The van der Waals surface area contributed by atoms with Crippen LogP contribution < -0.4 is 5.32 Å². The standard InChI is InChI=1S/C21H28N2O2/c1-3-19-18(17-6-4-5-7-20(17)25-19)13-23(2)21(24)12-14-10-15-8-9-16(11-14)22-15/h4-7,14-16,22H,3,8-13H2,1-2H3. The molecule has 2 unspecified atom stereocenters. The van der Waals surface area contributed by atoms with E-state index in [0.29, 0.717) is 31.0 Å². The van der Waals surface area contributed by atoms with E-state index in [1.807, 2.05) is 30.1 Å². The minimum Gasteiger partial charge on any atom is -0.461 e. The summed E-state index contributed by atoms with van der Waals surface area (Å²) in [4.78, 5) is 14.7. The van der Waals surface area contributed by atoms with Crippen LogP contribution in [0.1, 0.15) is 50.4 Å². The zero-order valence-electron chi connectivity index (χ0n) is 15.3. The van der Waals surface area contributed by atoms with Crippen LogP contribution in [0.5, 0.6) is 0 Å².